The first-order valence-electron chi connectivity index (χ1n) is 9.44. The van der Waals surface area contributed by atoms with Gasteiger partial charge in [0, 0.05) is 6.42 Å². The third-order valence-corrected chi connectivity index (χ3v) is 6.84. The molecule has 0 N–H and O–H groups in total. The summed E-state index contributed by atoms with van der Waals surface area (Å²) >= 11 is 0. The summed E-state index contributed by atoms with van der Waals surface area (Å²) in [6.45, 7) is 8.76. The van der Waals surface area contributed by atoms with Gasteiger partial charge in [-0.25, -0.2) is 0 Å². The first-order valence-corrected chi connectivity index (χ1v) is 9.44. The van der Waals surface area contributed by atoms with Crippen LogP contribution in [-0.4, -0.2) is 30.6 Å². The minimum Gasteiger partial charge on any atom is -0.468 e. The van der Waals surface area contributed by atoms with E-state index >= 15 is 0 Å². The smallest absolute Gasteiger partial charge is 0.316 e. The van der Waals surface area contributed by atoms with Gasteiger partial charge in [-0.2, -0.15) is 0 Å². The Morgan fingerprint density at radius 3 is 2.54 bits per heavy atom. The molecule has 3 fully saturated rings. The van der Waals surface area contributed by atoms with Crippen LogP contribution in [0.5, 0.6) is 0 Å². The Kier molecular flexibility index (Phi) is 4.57. The zero-order valence-electron chi connectivity index (χ0n) is 15.8. The summed E-state index contributed by atoms with van der Waals surface area (Å²) in [7, 11) is 1.38. The zero-order chi connectivity index (χ0) is 17.7. The molecule has 3 saturated carbocycles. The van der Waals surface area contributed by atoms with Crippen molar-refractivity contribution in [1.82, 2.24) is 0 Å². The van der Waals surface area contributed by atoms with Crippen LogP contribution in [0.3, 0.4) is 0 Å². The van der Waals surface area contributed by atoms with Crippen molar-refractivity contribution in [2.24, 2.45) is 29.1 Å². The van der Waals surface area contributed by atoms with Gasteiger partial charge in [-0.3, -0.25) is 9.59 Å². The number of esters is 1. The molecular formula is C20H32O4. The van der Waals surface area contributed by atoms with Crippen LogP contribution in [0.25, 0.3) is 0 Å². The van der Waals surface area contributed by atoms with Gasteiger partial charge >= 0.3 is 5.97 Å². The van der Waals surface area contributed by atoms with Gasteiger partial charge in [0.25, 0.3) is 0 Å². The van der Waals surface area contributed by atoms with Gasteiger partial charge in [0.15, 0.2) is 0 Å². The predicted octanol–water partition coefficient (Wildman–Crippen LogP) is 3.76. The highest BCUT2D eigenvalue weighted by Gasteiger charge is 2.57. The van der Waals surface area contributed by atoms with Crippen molar-refractivity contribution in [2.75, 3.05) is 7.11 Å². The third kappa shape index (κ3) is 3.02. The van der Waals surface area contributed by atoms with E-state index in [1.807, 2.05) is 0 Å². The predicted molar refractivity (Wildman–Crippen MR) is 91.4 cm³/mol. The van der Waals surface area contributed by atoms with Crippen LogP contribution < -0.4 is 0 Å². The molecule has 6 atom stereocenters. The Bertz CT molecular complexity index is 520. The highest BCUT2D eigenvalue weighted by atomic mass is 16.5. The largest absolute Gasteiger partial charge is 0.468 e. The van der Waals surface area contributed by atoms with Gasteiger partial charge in [-0.15, -0.1) is 0 Å². The van der Waals surface area contributed by atoms with Crippen molar-refractivity contribution >= 4 is 11.8 Å². The summed E-state index contributed by atoms with van der Waals surface area (Å²) < 4.78 is 11.3. The molecule has 0 radical (unpaired) electrons. The molecule has 0 aliphatic heterocycles. The van der Waals surface area contributed by atoms with Gasteiger partial charge in [0.05, 0.1) is 18.8 Å². The SMILES string of the molecule is COC(=O)C1C[C@@H]2[C@H](CC[C@]3(C)[C@@H](OC(C)(C)C)CC[C@@H]23)CC1=O. The lowest BCUT2D eigenvalue weighted by Gasteiger charge is -2.51. The summed E-state index contributed by atoms with van der Waals surface area (Å²) in [5, 5.41) is 0. The van der Waals surface area contributed by atoms with E-state index in [4.69, 9.17) is 9.47 Å². The first kappa shape index (κ1) is 17.9. The summed E-state index contributed by atoms with van der Waals surface area (Å²) in [5.74, 6) is 0.674. The lowest BCUT2D eigenvalue weighted by atomic mass is 9.55. The Hall–Kier alpha value is -0.900. The Labute approximate surface area is 145 Å². The molecule has 0 bridgehead atoms. The van der Waals surface area contributed by atoms with Gasteiger partial charge in [-0.05, 0) is 76.0 Å². The van der Waals surface area contributed by atoms with Gasteiger partial charge < -0.3 is 9.47 Å². The molecule has 3 aliphatic carbocycles. The fraction of sp³-hybridized carbons (Fsp3) is 0.900. The molecule has 4 nitrogen and oxygen atoms in total. The van der Waals surface area contributed by atoms with Crippen LogP contribution in [-0.2, 0) is 19.1 Å². The number of hydrogen-bond donors (Lipinski definition) is 0. The molecule has 0 aromatic rings. The molecule has 3 rings (SSSR count). The summed E-state index contributed by atoms with van der Waals surface area (Å²) in [6.07, 6.45) is 5.99. The van der Waals surface area contributed by atoms with E-state index in [1.165, 1.54) is 7.11 Å². The molecular weight excluding hydrogens is 304 g/mol. The summed E-state index contributed by atoms with van der Waals surface area (Å²) in [5.41, 5.74) is 0.0476. The number of carbonyl (C=O) groups is 2. The number of carbonyl (C=O) groups excluding carboxylic acids is 2. The van der Waals surface area contributed by atoms with Gasteiger partial charge in [0.2, 0.25) is 0 Å². The van der Waals surface area contributed by atoms with Gasteiger partial charge in [0.1, 0.15) is 11.7 Å². The number of rotatable bonds is 2. The lowest BCUT2D eigenvalue weighted by Crippen LogP contribution is -2.49. The van der Waals surface area contributed by atoms with Crippen molar-refractivity contribution in [3.63, 3.8) is 0 Å². The van der Waals surface area contributed by atoms with Crippen molar-refractivity contribution < 1.29 is 19.1 Å². The van der Waals surface area contributed by atoms with Crippen LogP contribution >= 0.6 is 0 Å². The number of ketones is 1. The highest BCUT2D eigenvalue weighted by Crippen LogP contribution is 2.60. The molecule has 1 unspecified atom stereocenters. The van der Waals surface area contributed by atoms with Crippen LogP contribution in [0.15, 0.2) is 0 Å². The molecule has 0 aromatic carbocycles. The van der Waals surface area contributed by atoms with Gasteiger partial charge in [-0.1, -0.05) is 6.92 Å². The fourth-order valence-electron chi connectivity index (χ4n) is 5.72. The van der Waals surface area contributed by atoms with E-state index < -0.39 is 5.92 Å². The van der Waals surface area contributed by atoms with E-state index in [1.54, 1.807) is 0 Å². The van der Waals surface area contributed by atoms with Crippen molar-refractivity contribution in [1.29, 1.82) is 0 Å². The molecule has 24 heavy (non-hydrogen) atoms. The highest BCUT2D eigenvalue weighted by molar-refractivity contribution is 5.99. The van der Waals surface area contributed by atoms with Crippen LogP contribution in [0.1, 0.15) is 66.2 Å². The first-order chi connectivity index (χ1) is 11.2. The zero-order valence-corrected chi connectivity index (χ0v) is 15.8. The minimum atomic E-state index is -0.541. The van der Waals surface area contributed by atoms with Crippen molar-refractivity contribution in [2.45, 2.75) is 77.9 Å². The Morgan fingerprint density at radius 2 is 1.92 bits per heavy atom. The lowest BCUT2D eigenvalue weighted by molar-refractivity contribution is -0.158. The quantitative estimate of drug-likeness (QED) is 0.569. The van der Waals surface area contributed by atoms with Crippen LogP contribution in [0.4, 0.5) is 0 Å². The molecule has 0 heterocycles. The number of methoxy groups -OCH3 is 1. The summed E-state index contributed by atoms with van der Waals surface area (Å²) in [6, 6.07) is 0. The monoisotopic (exact) mass is 336 g/mol. The maximum atomic E-state index is 12.3. The maximum absolute atomic E-state index is 12.3. The Balaban J connectivity index is 1.80. The number of Topliss-reactive ketones (excluding diaryl/α,β-unsaturated/α-hetero) is 1. The third-order valence-electron chi connectivity index (χ3n) is 6.84. The van der Waals surface area contributed by atoms with Crippen molar-refractivity contribution in [3.05, 3.63) is 0 Å². The average Bonchev–Trinajstić information content (AvgIpc) is 2.81. The summed E-state index contributed by atoms with van der Waals surface area (Å²) in [4.78, 5) is 24.4. The second-order valence-corrected chi connectivity index (χ2v) is 9.35. The van der Waals surface area contributed by atoms with E-state index in [0.717, 1.165) is 25.7 Å². The topological polar surface area (TPSA) is 52.6 Å². The second kappa shape index (κ2) is 6.12. The molecule has 0 saturated heterocycles. The van der Waals surface area contributed by atoms with E-state index in [-0.39, 0.29) is 28.9 Å². The van der Waals surface area contributed by atoms with Crippen molar-refractivity contribution in [3.8, 4) is 0 Å². The standard InChI is InChI=1S/C20H32O4/c1-19(2,3)24-17-7-6-15-13-11-14(18(22)23-5)16(21)10-12(13)8-9-20(15,17)4/h12-15,17H,6-11H2,1-5H3/t12-,13-,14?,15+,17+,20+/m1/s1. The number of ether oxygens (including phenoxy) is 2. The molecule has 0 aromatic heterocycles. The van der Waals surface area contributed by atoms with Crippen LogP contribution in [0, 0.1) is 29.1 Å². The molecule has 4 heteroatoms. The molecule has 136 valence electrons. The van der Waals surface area contributed by atoms with E-state index in [9.17, 15) is 9.59 Å². The minimum absolute atomic E-state index is 0.0900. The number of fused-ring (bicyclic) bond motifs is 3. The average molecular weight is 336 g/mol. The van der Waals surface area contributed by atoms with E-state index in [2.05, 4.69) is 27.7 Å². The molecule has 0 amide bonds. The van der Waals surface area contributed by atoms with E-state index in [0.29, 0.717) is 30.6 Å². The maximum Gasteiger partial charge on any atom is 0.316 e. The molecule has 0 spiro atoms. The number of hydrogen-bond acceptors (Lipinski definition) is 4. The Morgan fingerprint density at radius 1 is 1.21 bits per heavy atom. The normalized spacial score (nSPS) is 42.4. The molecule has 3 aliphatic rings. The fourth-order valence-corrected chi connectivity index (χ4v) is 5.72. The second-order valence-electron chi connectivity index (χ2n) is 9.35. The van der Waals surface area contributed by atoms with Crippen LogP contribution in [0.2, 0.25) is 0 Å².